The molecule has 2 fully saturated rings. The first kappa shape index (κ1) is 11.2. The van der Waals surface area contributed by atoms with Gasteiger partial charge in [-0.1, -0.05) is 19.0 Å². The van der Waals surface area contributed by atoms with Gasteiger partial charge in [0.15, 0.2) is 5.82 Å². The second-order valence-electron chi connectivity index (χ2n) is 5.82. The minimum Gasteiger partial charge on any atom is -0.339 e. The third kappa shape index (κ3) is 2.35. The second kappa shape index (κ2) is 4.07. The Labute approximate surface area is 102 Å². The Balaban J connectivity index is 1.61. The van der Waals surface area contributed by atoms with Crippen LogP contribution in [0, 0.1) is 5.41 Å². The summed E-state index contributed by atoms with van der Waals surface area (Å²) >= 11 is 0. The average Bonchev–Trinajstić information content (AvgIpc) is 2.74. The van der Waals surface area contributed by atoms with E-state index in [4.69, 9.17) is 4.52 Å². The Bertz CT molecular complexity index is 395. The van der Waals surface area contributed by atoms with Crippen LogP contribution in [0.1, 0.15) is 37.9 Å². The highest BCUT2D eigenvalue weighted by Crippen LogP contribution is 2.57. The van der Waals surface area contributed by atoms with E-state index in [2.05, 4.69) is 34.2 Å². The van der Waals surface area contributed by atoms with Crippen molar-refractivity contribution in [2.75, 3.05) is 26.2 Å². The van der Waals surface area contributed by atoms with Crippen molar-refractivity contribution in [3.05, 3.63) is 11.7 Å². The van der Waals surface area contributed by atoms with E-state index in [0.29, 0.717) is 11.3 Å². The van der Waals surface area contributed by atoms with E-state index >= 15 is 0 Å². The molecule has 1 aliphatic carbocycles. The normalized spacial score (nSPS) is 28.2. The molecule has 1 aromatic rings. The first-order valence-corrected chi connectivity index (χ1v) is 6.41. The van der Waals surface area contributed by atoms with E-state index in [0.717, 1.165) is 44.4 Å². The quantitative estimate of drug-likeness (QED) is 0.848. The monoisotopic (exact) mass is 236 g/mol. The van der Waals surface area contributed by atoms with Crippen LogP contribution in [0.5, 0.6) is 0 Å². The minimum atomic E-state index is 0.360. The molecule has 0 radical (unpaired) electrons. The lowest BCUT2D eigenvalue weighted by atomic mass is 10.1. The summed E-state index contributed by atoms with van der Waals surface area (Å²) in [6, 6.07) is 0. The van der Waals surface area contributed by atoms with Crippen molar-refractivity contribution in [2.24, 2.45) is 5.41 Å². The predicted molar refractivity (Wildman–Crippen MR) is 63.6 cm³/mol. The SMILES string of the molecule is CC1(C)CC1c1nc(CN2CCNCC2)no1. The maximum Gasteiger partial charge on any atom is 0.230 e. The molecule has 0 aromatic carbocycles. The molecule has 0 amide bonds. The van der Waals surface area contributed by atoms with Crippen LogP contribution in [0.2, 0.25) is 0 Å². The summed E-state index contributed by atoms with van der Waals surface area (Å²) in [7, 11) is 0. The van der Waals surface area contributed by atoms with Gasteiger partial charge < -0.3 is 9.84 Å². The second-order valence-corrected chi connectivity index (χ2v) is 5.82. The maximum absolute atomic E-state index is 5.36. The number of hydrogen-bond donors (Lipinski definition) is 1. The van der Waals surface area contributed by atoms with Crippen LogP contribution in [-0.2, 0) is 6.54 Å². The van der Waals surface area contributed by atoms with Crippen molar-refractivity contribution in [2.45, 2.75) is 32.7 Å². The highest BCUT2D eigenvalue weighted by Gasteiger charge is 2.50. The van der Waals surface area contributed by atoms with Gasteiger partial charge in [-0.05, 0) is 11.8 Å². The Kier molecular flexibility index (Phi) is 2.67. The van der Waals surface area contributed by atoms with Crippen molar-refractivity contribution in [3.63, 3.8) is 0 Å². The molecular weight excluding hydrogens is 216 g/mol. The number of rotatable bonds is 3. The van der Waals surface area contributed by atoms with Gasteiger partial charge in [0, 0.05) is 32.1 Å². The zero-order valence-electron chi connectivity index (χ0n) is 10.6. The van der Waals surface area contributed by atoms with Crippen LogP contribution in [0.15, 0.2) is 4.52 Å². The topological polar surface area (TPSA) is 54.2 Å². The van der Waals surface area contributed by atoms with Gasteiger partial charge >= 0.3 is 0 Å². The molecule has 1 aliphatic heterocycles. The van der Waals surface area contributed by atoms with Gasteiger partial charge in [-0.3, -0.25) is 4.90 Å². The number of nitrogens with one attached hydrogen (secondary N) is 1. The van der Waals surface area contributed by atoms with Crippen LogP contribution >= 0.6 is 0 Å². The Morgan fingerprint density at radius 2 is 2.12 bits per heavy atom. The molecule has 1 N–H and O–H groups in total. The van der Waals surface area contributed by atoms with Crippen LogP contribution in [0.4, 0.5) is 0 Å². The first-order valence-electron chi connectivity index (χ1n) is 6.41. The lowest BCUT2D eigenvalue weighted by Crippen LogP contribution is -2.43. The molecular formula is C12H20N4O. The molecule has 0 spiro atoms. The van der Waals surface area contributed by atoms with Gasteiger partial charge in [0.25, 0.3) is 0 Å². The Hall–Kier alpha value is -0.940. The molecule has 1 saturated heterocycles. The molecule has 2 heterocycles. The summed E-state index contributed by atoms with van der Waals surface area (Å²) in [5.41, 5.74) is 0.360. The van der Waals surface area contributed by atoms with Gasteiger partial charge in [0.05, 0.1) is 6.54 Å². The zero-order valence-corrected chi connectivity index (χ0v) is 10.6. The van der Waals surface area contributed by atoms with Crippen molar-refractivity contribution in [3.8, 4) is 0 Å². The smallest absolute Gasteiger partial charge is 0.230 e. The van der Waals surface area contributed by atoms with Gasteiger partial charge in [0.1, 0.15) is 0 Å². The van der Waals surface area contributed by atoms with Crippen LogP contribution in [0.25, 0.3) is 0 Å². The Morgan fingerprint density at radius 1 is 1.41 bits per heavy atom. The summed E-state index contributed by atoms with van der Waals surface area (Å²) in [6.07, 6.45) is 1.17. The summed E-state index contributed by atoms with van der Waals surface area (Å²) in [5, 5.41) is 7.43. The van der Waals surface area contributed by atoms with Crippen LogP contribution in [-0.4, -0.2) is 41.2 Å². The molecule has 17 heavy (non-hydrogen) atoms. The van der Waals surface area contributed by atoms with Gasteiger partial charge in [-0.25, -0.2) is 0 Å². The van der Waals surface area contributed by atoms with Crippen molar-refractivity contribution in [1.29, 1.82) is 0 Å². The van der Waals surface area contributed by atoms with E-state index in [1.165, 1.54) is 6.42 Å². The fraction of sp³-hybridized carbons (Fsp3) is 0.833. The van der Waals surface area contributed by atoms with E-state index in [-0.39, 0.29) is 0 Å². The number of aromatic nitrogens is 2. The highest BCUT2D eigenvalue weighted by atomic mass is 16.5. The maximum atomic E-state index is 5.36. The van der Waals surface area contributed by atoms with E-state index in [1.54, 1.807) is 0 Å². The fourth-order valence-corrected chi connectivity index (χ4v) is 2.43. The summed E-state index contributed by atoms with van der Waals surface area (Å²) < 4.78 is 5.36. The van der Waals surface area contributed by atoms with E-state index in [9.17, 15) is 0 Å². The van der Waals surface area contributed by atoms with Crippen molar-refractivity contribution >= 4 is 0 Å². The molecule has 94 valence electrons. The molecule has 1 atom stereocenters. The third-order valence-corrected chi connectivity index (χ3v) is 3.87. The number of hydrogen-bond acceptors (Lipinski definition) is 5. The summed E-state index contributed by atoms with van der Waals surface area (Å²) in [4.78, 5) is 6.89. The average molecular weight is 236 g/mol. The van der Waals surface area contributed by atoms with Crippen molar-refractivity contribution in [1.82, 2.24) is 20.4 Å². The molecule has 1 saturated carbocycles. The molecule has 2 aliphatic rings. The van der Waals surface area contributed by atoms with Gasteiger partial charge in [-0.15, -0.1) is 0 Å². The van der Waals surface area contributed by atoms with E-state index in [1.807, 2.05) is 0 Å². The molecule has 1 unspecified atom stereocenters. The van der Waals surface area contributed by atoms with Crippen LogP contribution < -0.4 is 5.32 Å². The first-order chi connectivity index (χ1) is 8.15. The minimum absolute atomic E-state index is 0.360. The summed E-state index contributed by atoms with van der Waals surface area (Å²) in [5.74, 6) is 2.15. The lowest BCUT2D eigenvalue weighted by Gasteiger charge is -2.25. The summed E-state index contributed by atoms with van der Waals surface area (Å²) in [6.45, 7) is 9.56. The molecule has 0 bridgehead atoms. The van der Waals surface area contributed by atoms with Gasteiger partial charge in [0.2, 0.25) is 5.89 Å². The molecule has 5 nitrogen and oxygen atoms in total. The Morgan fingerprint density at radius 3 is 2.76 bits per heavy atom. The highest BCUT2D eigenvalue weighted by molar-refractivity contribution is 5.12. The van der Waals surface area contributed by atoms with Gasteiger partial charge in [-0.2, -0.15) is 4.98 Å². The molecule has 5 heteroatoms. The van der Waals surface area contributed by atoms with Crippen molar-refractivity contribution < 1.29 is 4.52 Å². The molecule has 1 aromatic heterocycles. The largest absolute Gasteiger partial charge is 0.339 e. The van der Waals surface area contributed by atoms with E-state index < -0.39 is 0 Å². The molecule has 3 rings (SSSR count). The van der Waals surface area contributed by atoms with Crippen LogP contribution in [0.3, 0.4) is 0 Å². The standard InChI is InChI=1S/C12H20N4O/c1-12(2)7-9(12)11-14-10(15-17-11)8-16-5-3-13-4-6-16/h9,13H,3-8H2,1-2H3. The fourth-order valence-electron chi connectivity index (χ4n) is 2.43. The number of piperazine rings is 1. The number of nitrogens with zero attached hydrogens (tertiary/aromatic N) is 3. The zero-order chi connectivity index (χ0) is 11.9. The third-order valence-electron chi connectivity index (χ3n) is 3.87. The lowest BCUT2D eigenvalue weighted by molar-refractivity contribution is 0.224. The predicted octanol–water partition coefficient (Wildman–Crippen LogP) is 0.988.